The van der Waals surface area contributed by atoms with Gasteiger partial charge in [-0.1, -0.05) is 30.3 Å². The zero-order valence-corrected chi connectivity index (χ0v) is 15.6. The number of ether oxygens (including phenoxy) is 1. The van der Waals surface area contributed by atoms with Gasteiger partial charge in [0.05, 0.1) is 0 Å². The second kappa shape index (κ2) is 7.72. The summed E-state index contributed by atoms with van der Waals surface area (Å²) in [5.74, 6) is 1.36. The third kappa shape index (κ3) is 3.69. The van der Waals surface area contributed by atoms with Gasteiger partial charge in [-0.15, -0.1) is 0 Å². The molecule has 0 bridgehead atoms. The standard InChI is InChI=1S/C21H21FN4O2/c1-25-12-11-23-20-19(21(25)27)26(13-15-5-3-2-4-6-15)18(24-20)14-28-17-9-7-16(22)8-10-17/h2-10,23H,11-14H2,1H3. The number of aromatic nitrogens is 2. The zero-order chi connectivity index (χ0) is 19.5. The number of anilines is 1. The number of halogens is 1. The van der Waals surface area contributed by atoms with Gasteiger partial charge in [-0.2, -0.15) is 0 Å². The molecule has 0 fully saturated rings. The maximum Gasteiger partial charge on any atom is 0.274 e. The lowest BCUT2D eigenvalue weighted by molar-refractivity contribution is 0.0794. The van der Waals surface area contributed by atoms with E-state index < -0.39 is 0 Å². The molecule has 28 heavy (non-hydrogen) atoms. The van der Waals surface area contributed by atoms with Crippen molar-refractivity contribution < 1.29 is 13.9 Å². The van der Waals surface area contributed by atoms with Crippen molar-refractivity contribution in [3.63, 3.8) is 0 Å². The molecule has 4 rings (SSSR count). The minimum Gasteiger partial charge on any atom is -0.486 e. The Morgan fingerprint density at radius 3 is 2.64 bits per heavy atom. The highest BCUT2D eigenvalue weighted by Crippen LogP contribution is 2.24. The van der Waals surface area contributed by atoms with Crippen molar-refractivity contribution in [1.29, 1.82) is 0 Å². The van der Waals surface area contributed by atoms with Gasteiger partial charge < -0.3 is 19.5 Å². The number of imidazole rings is 1. The molecule has 0 unspecified atom stereocenters. The first-order valence-electron chi connectivity index (χ1n) is 9.13. The van der Waals surface area contributed by atoms with Crippen LogP contribution in [0.15, 0.2) is 54.6 Å². The van der Waals surface area contributed by atoms with E-state index in [1.807, 2.05) is 34.9 Å². The molecular formula is C21H21FN4O2. The highest BCUT2D eigenvalue weighted by molar-refractivity contribution is 5.98. The van der Waals surface area contributed by atoms with E-state index in [0.29, 0.717) is 42.7 Å². The maximum atomic E-state index is 13.1. The molecule has 0 saturated carbocycles. The summed E-state index contributed by atoms with van der Waals surface area (Å²) in [7, 11) is 1.79. The second-order valence-electron chi connectivity index (χ2n) is 6.69. The van der Waals surface area contributed by atoms with E-state index in [0.717, 1.165) is 5.56 Å². The molecule has 1 aromatic heterocycles. The number of hydrogen-bond donors (Lipinski definition) is 1. The first kappa shape index (κ1) is 18.0. The number of amides is 1. The topological polar surface area (TPSA) is 59.4 Å². The zero-order valence-electron chi connectivity index (χ0n) is 15.6. The number of hydrogen-bond acceptors (Lipinski definition) is 4. The minimum atomic E-state index is -0.317. The molecule has 7 heteroatoms. The Bertz CT molecular complexity index is 970. The van der Waals surface area contributed by atoms with Gasteiger partial charge in [0.25, 0.3) is 5.91 Å². The molecule has 1 amide bonds. The summed E-state index contributed by atoms with van der Waals surface area (Å²) < 4.78 is 20.8. The van der Waals surface area contributed by atoms with Gasteiger partial charge in [0.1, 0.15) is 24.0 Å². The van der Waals surface area contributed by atoms with Crippen LogP contribution >= 0.6 is 0 Å². The van der Waals surface area contributed by atoms with Crippen LogP contribution in [0.4, 0.5) is 10.2 Å². The molecule has 144 valence electrons. The van der Waals surface area contributed by atoms with Crippen molar-refractivity contribution in [1.82, 2.24) is 14.5 Å². The molecule has 1 aliphatic rings. The summed E-state index contributed by atoms with van der Waals surface area (Å²) in [6, 6.07) is 15.7. The Balaban J connectivity index is 1.68. The lowest BCUT2D eigenvalue weighted by atomic mass is 10.2. The number of nitrogens with one attached hydrogen (secondary N) is 1. The first-order valence-corrected chi connectivity index (χ1v) is 9.13. The van der Waals surface area contributed by atoms with Crippen LogP contribution in [0.25, 0.3) is 0 Å². The van der Waals surface area contributed by atoms with E-state index in [-0.39, 0.29) is 18.3 Å². The van der Waals surface area contributed by atoms with Crippen LogP contribution in [0.2, 0.25) is 0 Å². The SMILES string of the molecule is CN1CCNc2nc(COc3ccc(F)cc3)n(Cc3ccccc3)c2C1=O. The molecule has 0 atom stereocenters. The van der Waals surface area contributed by atoms with Crippen LogP contribution in [0.5, 0.6) is 5.75 Å². The van der Waals surface area contributed by atoms with Crippen molar-refractivity contribution in [3.8, 4) is 5.75 Å². The monoisotopic (exact) mass is 380 g/mol. The van der Waals surface area contributed by atoms with Gasteiger partial charge in [0.15, 0.2) is 11.5 Å². The third-order valence-corrected chi connectivity index (χ3v) is 4.70. The predicted octanol–water partition coefficient (Wildman–Crippen LogP) is 3.15. The Kier molecular flexibility index (Phi) is 4.97. The lowest BCUT2D eigenvalue weighted by Crippen LogP contribution is -2.30. The number of carbonyl (C=O) groups excluding carboxylic acids is 1. The van der Waals surface area contributed by atoms with Crippen molar-refractivity contribution in [2.45, 2.75) is 13.2 Å². The fourth-order valence-corrected chi connectivity index (χ4v) is 3.19. The average Bonchev–Trinajstić information content (AvgIpc) is 2.97. The van der Waals surface area contributed by atoms with Crippen LogP contribution in [-0.2, 0) is 13.2 Å². The molecule has 0 radical (unpaired) electrons. The van der Waals surface area contributed by atoms with Crippen LogP contribution in [0.1, 0.15) is 21.9 Å². The molecule has 2 aromatic carbocycles. The third-order valence-electron chi connectivity index (χ3n) is 4.70. The highest BCUT2D eigenvalue weighted by atomic mass is 19.1. The molecule has 0 spiro atoms. The minimum absolute atomic E-state index is 0.0727. The van der Waals surface area contributed by atoms with Gasteiger partial charge in [-0.3, -0.25) is 4.79 Å². The number of fused-ring (bicyclic) bond motifs is 1. The predicted molar refractivity (Wildman–Crippen MR) is 104 cm³/mol. The normalized spacial score (nSPS) is 13.6. The molecule has 0 aliphatic carbocycles. The highest BCUT2D eigenvalue weighted by Gasteiger charge is 2.28. The Hall–Kier alpha value is -3.35. The molecule has 1 aliphatic heterocycles. The molecule has 3 aromatic rings. The van der Waals surface area contributed by atoms with E-state index in [9.17, 15) is 9.18 Å². The van der Waals surface area contributed by atoms with E-state index in [1.54, 1.807) is 24.1 Å². The number of rotatable bonds is 5. The molecule has 6 nitrogen and oxygen atoms in total. The summed E-state index contributed by atoms with van der Waals surface area (Å²) in [5.41, 5.74) is 1.59. The summed E-state index contributed by atoms with van der Waals surface area (Å²) in [5, 5.41) is 3.24. The summed E-state index contributed by atoms with van der Waals surface area (Å²) in [4.78, 5) is 19.2. The Labute approximate surface area is 162 Å². The van der Waals surface area contributed by atoms with E-state index in [2.05, 4.69) is 10.3 Å². The Morgan fingerprint density at radius 1 is 1.14 bits per heavy atom. The van der Waals surface area contributed by atoms with E-state index in [1.165, 1.54) is 12.1 Å². The molecule has 0 saturated heterocycles. The van der Waals surface area contributed by atoms with E-state index >= 15 is 0 Å². The molecule has 1 N–H and O–H groups in total. The lowest BCUT2D eigenvalue weighted by Gasteiger charge is -2.16. The first-order chi connectivity index (χ1) is 13.6. The average molecular weight is 380 g/mol. The van der Waals surface area contributed by atoms with Gasteiger partial charge >= 0.3 is 0 Å². The quantitative estimate of drug-likeness (QED) is 0.739. The largest absolute Gasteiger partial charge is 0.486 e. The summed E-state index contributed by atoms with van der Waals surface area (Å²) in [6.07, 6.45) is 0. The number of nitrogens with zero attached hydrogens (tertiary/aromatic N) is 3. The second-order valence-corrected chi connectivity index (χ2v) is 6.69. The van der Waals surface area contributed by atoms with Gasteiger partial charge in [-0.25, -0.2) is 9.37 Å². The van der Waals surface area contributed by atoms with Crippen molar-refractivity contribution >= 4 is 11.7 Å². The van der Waals surface area contributed by atoms with Crippen LogP contribution < -0.4 is 10.1 Å². The van der Waals surface area contributed by atoms with Crippen LogP contribution in [-0.4, -0.2) is 40.5 Å². The van der Waals surface area contributed by atoms with Gasteiger partial charge in [0.2, 0.25) is 0 Å². The van der Waals surface area contributed by atoms with Crippen molar-refractivity contribution in [2.24, 2.45) is 0 Å². The smallest absolute Gasteiger partial charge is 0.274 e. The van der Waals surface area contributed by atoms with Crippen LogP contribution in [0, 0.1) is 5.82 Å². The number of benzene rings is 2. The summed E-state index contributed by atoms with van der Waals surface area (Å²) >= 11 is 0. The number of carbonyl (C=O) groups is 1. The van der Waals surface area contributed by atoms with Crippen LogP contribution in [0.3, 0.4) is 0 Å². The van der Waals surface area contributed by atoms with Gasteiger partial charge in [-0.05, 0) is 29.8 Å². The van der Waals surface area contributed by atoms with Crippen molar-refractivity contribution in [2.75, 3.05) is 25.5 Å². The van der Waals surface area contributed by atoms with E-state index in [4.69, 9.17) is 4.74 Å². The molecular weight excluding hydrogens is 359 g/mol. The fourth-order valence-electron chi connectivity index (χ4n) is 3.19. The number of likely N-dealkylation sites (N-methyl/N-ethyl adjacent to an activating group) is 1. The van der Waals surface area contributed by atoms with Gasteiger partial charge in [0, 0.05) is 26.7 Å². The fraction of sp³-hybridized carbons (Fsp3) is 0.238. The molecule has 2 heterocycles. The summed E-state index contributed by atoms with van der Waals surface area (Å²) in [6.45, 7) is 1.93. The maximum absolute atomic E-state index is 13.1. The Morgan fingerprint density at radius 2 is 1.89 bits per heavy atom. The van der Waals surface area contributed by atoms with Crippen molar-refractivity contribution in [3.05, 3.63) is 77.5 Å².